The zero-order chi connectivity index (χ0) is 16.4. The SMILES string of the molecule is CC1(C)[C@@H](c2ccc(S(N)(=O)=O)cc2)[C@@H]1c1nc(C2CC2)no1. The second-order valence-corrected chi connectivity index (χ2v) is 8.72. The number of benzene rings is 1. The highest BCUT2D eigenvalue weighted by molar-refractivity contribution is 7.89. The lowest BCUT2D eigenvalue weighted by Gasteiger charge is -2.04. The molecule has 1 heterocycles. The van der Waals surface area contributed by atoms with Gasteiger partial charge in [0.25, 0.3) is 0 Å². The largest absolute Gasteiger partial charge is 0.339 e. The van der Waals surface area contributed by atoms with Crippen LogP contribution in [0.2, 0.25) is 0 Å². The molecule has 0 spiro atoms. The van der Waals surface area contributed by atoms with E-state index in [0.29, 0.717) is 11.8 Å². The smallest absolute Gasteiger partial charge is 0.238 e. The molecule has 2 fully saturated rings. The third-order valence-corrected chi connectivity index (χ3v) is 5.99. The summed E-state index contributed by atoms with van der Waals surface area (Å²) in [5.74, 6) is 2.40. The van der Waals surface area contributed by atoms with E-state index in [1.807, 2.05) is 12.1 Å². The number of nitrogens with two attached hydrogens (primary N) is 1. The van der Waals surface area contributed by atoms with Crippen molar-refractivity contribution in [3.8, 4) is 0 Å². The zero-order valence-corrected chi connectivity index (χ0v) is 13.9. The van der Waals surface area contributed by atoms with Crippen molar-refractivity contribution in [1.82, 2.24) is 10.1 Å². The normalized spacial score (nSPS) is 26.2. The molecule has 4 rings (SSSR count). The van der Waals surface area contributed by atoms with Gasteiger partial charge in [-0.05, 0) is 36.0 Å². The van der Waals surface area contributed by atoms with Crippen molar-refractivity contribution < 1.29 is 12.9 Å². The number of rotatable bonds is 4. The topological polar surface area (TPSA) is 99.1 Å². The molecule has 2 saturated carbocycles. The molecule has 2 aromatic rings. The second-order valence-electron chi connectivity index (χ2n) is 7.16. The average Bonchev–Trinajstić information content (AvgIpc) is 3.36. The van der Waals surface area contributed by atoms with Crippen LogP contribution in [0.1, 0.15) is 61.7 Å². The van der Waals surface area contributed by atoms with Crippen molar-refractivity contribution in [2.75, 3.05) is 0 Å². The van der Waals surface area contributed by atoms with Gasteiger partial charge in [0.2, 0.25) is 15.9 Å². The summed E-state index contributed by atoms with van der Waals surface area (Å²) < 4.78 is 28.2. The molecule has 6 nitrogen and oxygen atoms in total. The standard InChI is InChI=1S/C16H19N3O3S/c1-16(2)12(9-5-7-11(8-6-9)23(17,20)21)13(16)15-18-14(19-22-15)10-3-4-10/h5-8,10,12-13H,3-4H2,1-2H3,(H2,17,20,21)/t12-,13+/m0/s1. The van der Waals surface area contributed by atoms with E-state index in [-0.39, 0.29) is 22.1 Å². The van der Waals surface area contributed by atoms with E-state index in [9.17, 15) is 8.42 Å². The van der Waals surface area contributed by atoms with Gasteiger partial charge < -0.3 is 4.52 Å². The fraction of sp³-hybridized carbons (Fsp3) is 0.500. The van der Waals surface area contributed by atoms with Crippen LogP contribution in [0.5, 0.6) is 0 Å². The molecule has 1 aromatic carbocycles. The van der Waals surface area contributed by atoms with Gasteiger partial charge in [-0.1, -0.05) is 31.1 Å². The first kappa shape index (κ1) is 14.8. The Morgan fingerprint density at radius 1 is 1.17 bits per heavy atom. The molecule has 0 aliphatic heterocycles. The van der Waals surface area contributed by atoms with E-state index >= 15 is 0 Å². The van der Waals surface area contributed by atoms with Crippen LogP contribution < -0.4 is 5.14 Å². The van der Waals surface area contributed by atoms with E-state index in [1.54, 1.807) is 12.1 Å². The molecule has 1 aromatic heterocycles. The lowest BCUT2D eigenvalue weighted by atomic mass is 10.0. The molecule has 2 N–H and O–H groups in total. The first-order chi connectivity index (χ1) is 10.8. The highest BCUT2D eigenvalue weighted by Crippen LogP contribution is 2.69. The van der Waals surface area contributed by atoms with Gasteiger partial charge in [0.15, 0.2) is 5.82 Å². The van der Waals surface area contributed by atoms with Crippen LogP contribution in [0, 0.1) is 5.41 Å². The maximum absolute atomic E-state index is 11.4. The fourth-order valence-corrected chi connectivity index (χ4v) is 3.98. The molecule has 0 unspecified atom stereocenters. The Balaban J connectivity index is 1.61. The summed E-state index contributed by atoms with van der Waals surface area (Å²) in [6.07, 6.45) is 2.29. The van der Waals surface area contributed by atoms with Gasteiger partial charge in [0.05, 0.1) is 10.8 Å². The zero-order valence-electron chi connectivity index (χ0n) is 13.1. The molecule has 0 bridgehead atoms. The van der Waals surface area contributed by atoms with Crippen molar-refractivity contribution in [2.24, 2.45) is 10.6 Å². The average molecular weight is 333 g/mol. The molecular weight excluding hydrogens is 314 g/mol. The monoisotopic (exact) mass is 333 g/mol. The number of aromatic nitrogens is 2. The molecule has 0 amide bonds. The lowest BCUT2D eigenvalue weighted by Crippen LogP contribution is -2.11. The van der Waals surface area contributed by atoms with Gasteiger partial charge in [-0.15, -0.1) is 0 Å². The minimum absolute atomic E-state index is 0.0104. The van der Waals surface area contributed by atoms with Crippen LogP contribution in [0.4, 0.5) is 0 Å². The van der Waals surface area contributed by atoms with Crippen molar-refractivity contribution in [1.29, 1.82) is 0 Å². The minimum Gasteiger partial charge on any atom is -0.339 e. The second kappa shape index (κ2) is 4.64. The third-order valence-electron chi connectivity index (χ3n) is 5.06. The van der Waals surface area contributed by atoms with Crippen molar-refractivity contribution >= 4 is 10.0 Å². The summed E-state index contributed by atoms with van der Waals surface area (Å²) in [6, 6.07) is 6.76. The first-order valence-corrected chi connectivity index (χ1v) is 9.29. The molecule has 7 heteroatoms. The van der Waals surface area contributed by atoms with Crippen molar-refractivity contribution in [3.05, 3.63) is 41.5 Å². The molecule has 0 saturated heterocycles. The summed E-state index contributed by atoms with van der Waals surface area (Å²) in [5, 5.41) is 9.24. The summed E-state index contributed by atoms with van der Waals surface area (Å²) in [7, 11) is -3.66. The molecule has 122 valence electrons. The number of primary sulfonamides is 1. The Bertz CT molecular complexity index is 851. The Kier molecular flexibility index (Phi) is 2.99. The number of nitrogens with zero attached hydrogens (tertiary/aromatic N) is 2. The first-order valence-electron chi connectivity index (χ1n) is 7.75. The molecule has 23 heavy (non-hydrogen) atoms. The van der Waals surface area contributed by atoms with E-state index in [2.05, 4.69) is 24.0 Å². The maximum Gasteiger partial charge on any atom is 0.238 e. The van der Waals surface area contributed by atoms with E-state index in [1.165, 1.54) is 0 Å². The maximum atomic E-state index is 11.4. The summed E-state index contributed by atoms with van der Waals surface area (Å²) in [4.78, 5) is 4.70. The van der Waals surface area contributed by atoms with Crippen molar-refractivity contribution in [2.45, 2.75) is 49.3 Å². The van der Waals surface area contributed by atoms with Gasteiger partial charge in [0, 0.05) is 11.8 Å². The van der Waals surface area contributed by atoms with Gasteiger partial charge in [0.1, 0.15) is 0 Å². The van der Waals surface area contributed by atoms with Gasteiger partial charge in [-0.3, -0.25) is 0 Å². The van der Waals surface area contributed by atoms with E-state index in [0.717, 1.165) is 24.2 Å². The summed E-state index contributed by atoms with van der Waals surface area (Å²) in [6.45, 7) is 4.33. The van der Waals surface area contributed by atoms with Crippen LogP contribution >= 0.6 is 0 Å². The van der Waals surface area contributed by atoms with Crippen LogP contribution in [0.25, 0.3) is 0 Å². The molecule has 2 atom stereocenters. The Morgan fingerprint density at radius 2 is 1.83 bits per heavy atom. The molecular formula is C16H19N3O3S. The summed E-state index contributed by atoms with van der Waals surface area (Å²) in [5.41, 5.74) is 1.08. The molecule has 0 radical (unpaired) electrons. The highest BCUT2D eigenvalue weighted by atomic mass is 32.2. The predicted molar refractivity (Wildman–Crippen MR) is 83.4 cm³/mol. The predicted octanol–water partition coefficient (Wildman–Crippen LogP) is 2.50. The van der Waals surface area contributed by atoms with Gasteiger partial charge >= 0.3 is 0 Å². The van der Waals surface area contributed by atoms with Crippen LogP contribution in [-0.2, 0) is 10.0 Å². The third kappa shape index (κ3) is 2.48. The van der Waals surface area contributed by atoms with Crippen LogP contribution in [0.3, 0.4) is 0 Å². The summed E-state index contributed by atoms with van der Waals surface area (Å²) >= 11 is 0. The van der Waals surface area contributed by atoms with Gasteiger partial charge in [-0.25, -0.2) is 13.6 Å². The van der Waals surface area contributed by atoms with E-state index < -0.39 is 10.0 Å². The Hall–Kier alpha value is -1.73. The minimum atomic E-state index is -3.66. The van der Waals surface area contributed by atoms with Crippen molar-refractivity contribution in [3.63, 3.8) is 0 Å². The van der Waals surface area contributed by atoms with E-state index in [4.69, 9.17) is 9.66 Å². The fourth-order valence-electron chi connectivity index (χ4n) is 3.47. The van der Waals surface area contributed by atoms with Gasteiger partial charge in [-0.2, -0.15) is 4.98 Å². The lowest BCUT2D eigenvalue weighted by molar-refractivity contribution is 0.363. The Morgan fingerprint density at radius 3 is 2.39 bits per heavy atom. The quantitative estimate of drug-likeness (QED) is 0.926. The Labute approximate surface area is 135 Å². The van der Waals surface area contributed by atoms with Crippen LogP contribution in [-0.4, -0.2) is 18.6 Å². The number of hydrogen-bond donors (Lipinski definition) is 1. The number of sulfonamides is 1. The molecule has 2 aliphatic carbocycles. The molecule has 2 aliphatic rings. The van der Waals surface area contributed by atoms with Crippen LogP contribution in [0.15, 0.2) is 33.7 Å². The highest BCUT2D eigenvalue weighted by Gasteiger charge is 2.62. The number of hydrogen-bond acceptors (Lipinski definition) is 5.